The number of halogens is 6. The molecule has 0 atom stereocenters. The lowest BCUT2D eigenvalue weighted by atomic mass is 10.1. The highest BCUT2D eigenvalue weighted by Gasteiger charge is 2.34. The van der Waals surface area contributed by atoms with Crippen LogP contribution in [-0.2, 0) is 22.2 Å². The van der Waals surface area contributed by atoms with E-state index in [9.17, 15) is 34.8 Å². The van der Waals surface area contributed by atoms with Crippen molar-refractivity contribution in [1.29, 1.82) is 0 Å². The van der Waals surface area contributed by atoms with Gasteiger partial charge in [-0.2, -0.15) is 31.4 Å². The second-order valence-corrected chi connectivity index (χ2v) is 8.28. The van der Waals surface area contributed by atoms with Gasteiger partial charge in [0.15, 0.2) is 21.3 Å². The fourth-order valence-electron chi connectivity index (χ4n) is 2.52. The van der Waals surface area contributed by atoms with Gasteiger partial charge in [0.1, 0.15) is 0 Å². The van der Waals surface area contributed by atoms with Crippen LogP contribution in [0.4, 0.5) is 26.3 Å². The molecule has 0 N–H and O–H groups in total. The fraction of sp³-hybridized carbons (Fsp3) is 0.235. The van der Waals surface area contributed by atoms with Crippen LogP contribution in [0.1, 0.15) is 18.2 Å². The minimum absolute atomic E-state index is 0.0669. The molecule has 2 heterocycles. The zero-order chi connectivity index (χ0) is 22.3. The van der Waals surface area contributed by atoms with Crippen molar-refractivity contribution in [3.05, 3.63) is 53.9 Å². The molecule has 0 amide bonds. The van der Waals surface area contributed by atoms with Crippen LogP contribution >= 0.6 is 0 Å². The van der Waals surface area contributed by atoms with E-state index >= 15 is 0 Å². The number of rotatable bonds is 4. The zero-order valence-corrected chi connectivity index (χ0v) is 15.8. The van der Waals surface area contributed by atoms with Crippen molar-refractivity contribution in [3.63, 3.8) is 0 Å². The molecule has 0 saturated heterocycles. The maximum atomic E-state index is 13.0. The Morgan fingerprint density at radius 2 is 1.63 bits per heavy atom. The van der Waals surface area contributed by atoms with E-state index in [0.29, 0.717) is 12.1 Å². The summed E-state index contributed by atoms with van der Waals surface area (Å²) in [7, 11) is -4.05. The quantitative estimate of drug-likeness (QED) is 0.558. The third-order valence-electron chi connectivity index (χ3n) is 4.06. The highest BCUT2D eigenvalue weighted by Crippen LogP contribution is 2.35. The molecule has 0 saturated carbocycles. The summed E-state index contributed by atoms with van der Waals surface area (Å²) in [5.74, 6) is -0.540. The van der Waals surface area contributed by atoms with Crippen molar-refractivity contribution in [2.75, 3.05) is 5.75 Å². The van der Waals surface area contributed by atoms with E-state index in [-0.39, 0.29) is 17.1 Å². The number of alkyl halides is 6. The molecular weight excluding hydrogens is 438 g/mol. The van der Waals surface area contributed by atoms with Crippen LogP contribution < -0.4 is 0 Å². The van der Waals surface area contributed by atoms with Gasteiger partial charge in [0.25, 0.3) is 0 Å². The third-order valence-corrected chi connectivity index (χ3v) is 5.83. The van der Waals surface area contributed by atoms with Gasteiger partial charge in [-0.25, -0.2) is 13.1 Å². The topological polar surface area (TPSA) is 77.7 Å². The van der Waals surface area contributed by atoms with Crippen molar-refractivity contribution in [2.45, 2.75) is 24.2 Å². The molecule has 0 unspecified atom stereocenters. The molecule has 6 nitrogen and oxygen atoms in total. The number of benzene rings is 1. The first-order valence-electron chi connectivity index (χ1n) is 8.24. The standard InChI is InChI=1S/C17H12F6N4O2S/c1-2-30(28,29)13-9-10(16(18,19)20)3-4-11(13)12-5-6-15(25-24-12)27-8-7-14(26-27)17(21,22)23/h3-9H,2H2,1H3. The van der Waals surface area contributed by atoms with Crippen LogP contribution in [0.25, 0.3) is 17.1 Å². The van der Waals surface area contributed by atoms with E-state index in [1.54, 1.807) is 0 Å². The van der Waals surface area contributed by atoms with Gasteiger partial charge in [-0.1, -0.05) is 13.0 Å². The number of hydrogen-bond acceptors (Lipinski definition) is 5. The molecule has 3 aromatic rings. The molecule has 0 aliphatic carbocycles. The van der Waals surface area contributed by atoms with Crippen molar-refractivity contribution >= 4 is 9.84 Å². The summed E-state index contributed by atoms with van der Waals surface area (Å²) in [6.45, 7) is 1.28. The number of hydrogen-bond donors (Lipinski definition) is 0. The van der Waals surface area contributed by atoms with Crippen LogP contribution in [0.15, 0.2) is 47.5 Å². The Balaban J connectivity index is 2.05. The minimum atomic E-state index is -4.75. The van der Waals surface area contributed by atoms with Gasteiger partial charge in [-0.05, 0) is 30.3 Å². The minimum Gasteiger partial charge on any atom is -0.224 e. The van der Waals surface area contributed by atoms with E-state index < -0.39 is 44.1 Å². The van der Waals surface area contributed by atoms with E-state index in [4.69, 9.17) is 0 Å². The smallest absolute Gasteiger partial charge is 0.224 e. The lowest BCUT2D eigenvalue weighted by Crippen LogP contribution is -2.11. The van der Waals surface area contributed by atoms with Gasteiger partial charge in [0.2, 0.25) is 0 Å². The highest BCUT2D eigenvalue weighted by atomic mass is 32.2. The van der Waals surface area contributed by atoms with E-state index in [0.717, 1.165) is 23.0 Å². The average molecular weight is 450 g/mol. The summed E-state index contributed by atoms with van der Waals surface area (Å²) in [5.41, 5.74) is -2.46. The van der Waals surface area contributed by atoms with Gasteiger partial charge in [-0.3, -0.25) is 0 Å². The average Bonchev–Trinajstić information content (AvgIpc) is 3.18. The first-order chi connectivity index (χ1) is 13.8. The van der Waals surface area contributed by atoms with Gasteiger partial charge in [0, 0.05) is 11.8 Å². The lowest BCUT2D eigenvalue weighted by Gasteiger charge is -2.13. The van der Waals surface area contributed by atoms with E-state index in [1.807, 2.05) is 0 Å². The number of aromatic nitrogens is 4. The summed E-state index contributed by atoms with van der Waals surface area (Å²) in [6.07, 6.45) is -8.39. The van der Waals surface area contributed by atoms with Crippen LogP contribution in [0.5, 0.6) is 0 Å². The number of sulfone groups is 1. The summed E-state index contributed by atoms with van der Waals surface area (Å²) in [4.78, 5) is -0.569. The molecule has 0 fully saturated rings. The fourth-order valence-corrected chi connectivity index (χ4v) is 3.64. The Morgan fingerprint density at radius 1 is 0.933 bits per heavy atom. The van der Waals surface area contributed by atoms with Gasteiger partial charge < -0.3 is 0 Å². The molecule has 1 aromatic carbocycles. The van der Waals surface area contributed by atoms with E-state index in [2.05, 4.69) is 15.3 Å². The molecule has 0 radical (unpaired) electrons. The molecule has 30 heavy (non-hydrogen) atoms. The first kappa shape index (κ1) is 21.7. The molecule has 3 rings (SSSR count). The largest absolute Gasteiger partial charge is 0.435 e. The predicted molar refractivity (Wildman–Crippen MR) is 92.3 cm³/mol. The lowest BCUT2D eigenvalue weighted by molar-refractivity contribution is -0.141. The second-order valence-electron chi connectivity index (χ2n) is 6.03. The van der Waals surface area contributed by atoms with Crippen LogP contribution in [0.2, 0.25) is 0 Å². The number of nitrogens with zero attached hydrogens (tertiary/aromatic N) is 4. The van der Waals surface area contributed by atoms with Gasteiger partial charge in [-0.15, -0.1) is 10.2 Å². The van der Waals surface area contributed by atoms with Crippen molar-refractivity contribution < 1.29 is 34.8 Å². The Bertz CT molecular complexity index is 1170. The van der Waals surface area contributed by atoms with Crippen molar-refractivity contribution in [2.24, 2.45) is 0 Å². The second kappa shape index (κ2) is 7.38. The molecule has 13 heteroatoms. The third kappa shape index (κ3) is 4.30. The molecule has 2 aromatic heterocycles. The van der Waals surface area contributed by atoms with Gasteiger partial charge >= 0.3 is 12.4 Å². The maximum Gasteiger partial charge on any atom is 0.435 e. The highest BCUT2D eigenvalue weighted by molar-refractivity contribution is 7.91. The van der Waals surface area contributed by atoms with Crippen LogP contribution in [0, 0.1) is 0 Å². The van der Waals surface area contributed by atoms with Gasteiger partial charge in [0.05, 0.1) is 21.9 Å². The molecule has 0 aliphatic rings. The molecule has 0 spiro atoms. The molecular formula is C17H12F6N4O2S. The predicted octanol–water partition coefficient (Wildman–Crippen LogP) is 4.16. The summed E-state index contributed by atoms with van der Waals surface area (Å²) in [6, 6.07) is 5.38. The first-order valence-corrected chi connectivity index (χ1v) is 9.89. The zero-order valence-electron chi connectivity index (χ0n) is 15.0. The Labute approximate surface area is 166 Å². The normalized spacial score (nSPS) is 12.9. The molecule has 160 valence electrons. The Morgan fingerprint density at radius 3 is 2.13 bits per heavy atom. The SMILES string of the molecule is CCS(=O)(=O)c1cc(C(F)(F)F)ccc1-c1ccc(-n2ccc(C(F)(F)F)n2)nn1. The summed E-state index contributed by atoms with van der Waals surface area (Å²) < 4.78 is 102. The molecule has 0 bridgehead atoms. The Kier molecular flexibility index (Phi) is 5.35. The van der Waals surface area contributed by atoms with Crippen molar-refractivity contribution in [3.8, 4) is 17.1 Å². The Hall–Kier alpha value is -2.96. The maximum absolute atomic E-state index is 13.0. The van der Waals surface area contributed by atoms with E-state index in [1.165, 1.54) is 19.1 Å². The molecule has 0 aliphatic heterocycles. The monoisotopic (exact) mass is 450 g/mol. The van der Waals surface area contributed by atoms with Crippen LogP contribution in [0.3, 0.4) is 0 Å². The van der Waals surface area contributed by atoms with Crippen molar-refractivity contribution in [1.82, 2.24) is 20.0 Å². The van der Waals surface area contributed by atoms with Crippen LogP contribution in [-0.4, -0.2) is 34.1 Å². The summed E-state index contributed by atoms with van der Waals surface area (Å²) >= 11 is 0. The summed E-state index contributed by atoms with van der Waals surface area (Å²) in [5, 5.41) is 10.8.